The number of nitrogens with one attached hydrogen (secondary N) is 1. The lowest BCUT2D eigenvalue weighted by Crippen LogP contribution is -2.32. The summed E-state index contributed by atoms with van der Waals surface area (Å²) in [6, 6.07) is 4.96. The number of pyridine rings is 1. The van der Waals surface area contributed by atoms with Gasteiger partial charge in [-0.2, -0.15) is 0 Å². The van der Waals surface area contributed by atoms with E-state index in [1.54, 1.807) is 4.90 Å². The molecule has 116 valence electrons. The summed E-state index contributed by atoms with van der Waals surface area (Å²) in [4.78, 5) is 27.9. The zero-order chi connectivity index (χ0) is 15.9. The Bertz CT molecular complexity index is 767. The number of H-pyrrole nitrogens is 1. The molecule has 0 aromatic carbocycles. The summed E-state index contributed by atoms with van der Waals surface area (Å²) in [5, 5.41) is -0.00689. The minimum Gasteiger partial charge on any atom is -0.466 e. The van der Waals surface area contributed by atoms with E-state index in [0.717, 1.165) is 11.5 Å². The van der Waals surface area contributed by atoms with E-state index in [1.807, 2.05) is 19.1 Å². The van der Waals surface area contributed by atoms with E-state index in [-0.39, 0.29) is 22.9 Å². The summed E-state index contributed by atoms with van der Waals surface area (Å²) in [5.74, 6) is 1.37. The quantitative estimate of drug-likeness (QED) is 0.876. The van der Waals surface area contributed by atoms with E-state index < -0.39 is 5.56 Å². The smallest absolute Gasteiger partial charge is 0.266 e. The van der Waals surface area contributed by atoms with Crippen molar-refractivity contribution < 1.29 is 9.21 Å². The van der Waals surface area contributed by atoms with Gasteiger partial charge in [0.25, 0.3) is 11.5 Å². The first-order valence-corrected chi connectivity index (χ1v) is 7.33. The van der Waals surface area contributed by atoms with E-state index in [9.17, 15) is 9.59 Å². The van der Waals surface area contributed by atoms with Crippen LogP contribution in [0.3, 0.4) is 0 Å². The van der Waals surface area contributed by atoms with Crippen molar-refractivity contribution in [1.29, 1.82) is 0 Å². The van der Waals surface area contributed by atoms with E-state index in [4.69, 9.17) is 21.8 Å². The molecule has 1 fully saturated rings. The molecular formula is C15H16ClN3O3. The van der Waals surface area contributed by atoms with Gasteiger partial charge in [-0.1, -0.05) is 11.6 Å². The number of aromatic amines is 1. The maximum Gasteiger partial charge on any atom is 0.266 e. The Morgan fingerprint density at radius 3 is 2.86 bits per heavy atom. The molecule has 0 aliphatic carbocycles. The standard InChI is InChI=1S/C15H16ClN3O3/c1-8-2-3-13(22-8)10-6-19(7-12(10)17)15(21)9-4-11(16)14(20)18-5-9/h2-5,10,12H,6-7,17H2,1H3,(H,18,20)/t10-,12-/m0/s1. The van der Waals surface area contributed by atoms with Crippen molar-refractivity contribution in [2.75, 3.05) is 13.1 Å². The van der Waals surface area contributed by atoms with Gasteiger partial charge in [0.15, 0.2) is 0 Å². The summed E-state index contributed by atoms with van der Waals surface area (Å²) in [5.41, 5.74) is 6.07. The highest BCUT2D eigenvalue weighted by Gasteiger charge is 2.36. The molecule has 1 aliphatic rings. The highest BCUT2D eigenvalue weighted by atomic mass is 35.5. The van der Waals surface area contributed by atoms with Gasteiger partial charge in [-0.3, -0.25) is 9.59 Å². The van der Waals surface area contributed by atoms with Gasteiger partial charge in [0.2, 0.25) is 0 Å². The number of nitrogens with two attached hydrogens (primary N) is 1. The summed E-state index contributed by atoms with van der Waals surface area (Å²) < 4.78 is 5.62. The molecular weight excluding hydrogens is 306 g/mol. The molecule has 2 aromatic heterocycles. The zero-order valence-electron chi connectivity index (χ0n) is 12.0. The predicted molar refractivity (Wildman–Crippen MR) is 82.1 cm³/mol. The first-order chi connectivity index (χ1) is 10.5. The van der Waals surface area contributed by atoms with Crippen LogP contribution in [0.1, 0.15) is 27.8 Å². The monoisotopic (exact) mass is 321 g/mol. The first-order valence-electron chi connectivity index (χ1n) is 6.95. The number of hydrogen-bond donors (Lipinski definition) is 2. The van der Waals surface area contributed by atoms with Crippen molar-refractivity contribution in [3.05, 3.63) is 56.9 Å². The summed E-state index contributed by atoms with van der Waals surface area (Å²) in [7, 11) is 0. The second-order valence-corrected chi connectivity index (χ2v) is 5.90. The molecule has 3 heterocycles. The van der Waals surface area contributed by atoms with Gasteiger partial charge in [-0.15, -0.1) is 0 Å². The van der Waals surface area contributed by atoms with Crippen LogP contribution in [-0.2, 0) is 0 Å². The molecule has 0 unspecified atom stereocenters. The van der Waals surface area contributed by atoms with Crippen LogP contribution in [0.2, 0.25) is 5.02 Å². The van der Waals surface area contributed by atoms with Crippen LogP contribution in [0.25, 0.3) is 0 Å². The molecule has 6 nitrogen and oxygen atoms in total. The molecule has 0 bridgehead atoms. The molecule has 0 saturated carbocycles. The summed E-state index contributed by atoms with van der Waals surface area (Å²) in [6.45, 7) is 2.78. The Balaban J connectivity index is 1.80. The van der Waals surface area contributed by atoms with Crippen LogP contribution in [0.5, 0.6) is 0 Å². The molecule has 0 spiro atoms. The van der Waals surface area contributed by atoms with Gasteiger partial charge in [-0.25, -0.2) is 0 Å². The second kappa shape index (κ2) is 5.62. The number of rotatable bonds is 2. The van der Waals surface area contributed by atoms with Gasteiger partial charge < -0.3 is 20.0 Å². The lowest BCUT2D eigenvalue weighted by Gasteiger charge is -2.15. The number of carbonyl (C=O) groups is 1. The number of furan rings is 1. The van der Waals surface area contributed by atoms with Crippen molar-refractivity contribution in [1.82, 2.24) is 9.88 Å². The SMILES string of the molecule is Cc1ccc([C@H]2CN(C(=O)c3c[nH]c(=O)c(Cl)c3)C[C@@H]2N)o1. The van der Waals surface area contributed by atoms with Crippen molar-refractivity contribution in [2.24, 2.45) is 5.73 Å². The number of aryl methyl sites for hydroxylation is 1. The first kappa shape index (κ1) is 14.9. The van der Waals surface area contributed by atoms with Crippen LogP contribution in [0.4, 0.5) is 0 Å². The average Bonchev–Trinajstić information content (AvgIpc) is 3.07. The normalized spacial score (nSPS) is 21.3. The van der Waals surface area contributed by atoms with Crippen LogP contribution in [0.15, 0.2) is 33.6 Å². The fourth-order valence-corrected chi connectivity index (χ4v) is 2.88. The maximum absolute atomic E-state index is 12.5. The molecule has 1 aliphatic heterocycles. The van der Waals surface area contributed by atoms with Gasteiger partial charge in [0.1, 0.15) is 16.5 Å². The van der Waals surface area contributed by atoms with Gasteiger partial charge in [-0.05, 0) is 25.1 Å². The van der Waals surface area contributed by atoms with E-state index in [0.29, 0.717) is 18.7 Å². The number of halogens is 1. The second-order valence-electron chi connectivity index (χ2n) is 5.49. The van der Waals surface area contributed by atoms with E-state index in [1.165, 1.54) is 12.3 Å². The Hall–Kier alpha value is -2.05. The molecule has 2 aromatic rings. The minimum atomic E-state index is -0.416. The number of likely N-dealkylation sites (tertiary alicyclic amines) is 1. The highest BCUT2D eigenvalue weighted by Crippen LogP contribution is 2.28. The van der Waals surface area contributed by atoms with Crippen molar-refractivity contribution in [2.45, 2.75) is 18.9 Å². The minimum absolute atomic E-state index is 0.00689. The molecule has 7 heteroatoms. The average molecular weight is 322 g/mol. The highest BCUT2D eigenvalue weighted by molar-refractivity contribution is 6.30. The third-order valence-corrected chi connectivity index (χ3v) is 4.16. The van der Waals surface area contributed by atoms with Crippen LogP contribution >= 0.6 is 11.6 Å². The fraction of sp³-hybridized carbons (Fsp3) is 0.333. The Kier molecular flexibility index (Phi) is 3.80. The molecule has 2 atom stereocenters. The fourth-order valence-electron chi connectivity index (χ4n) is 2.71. The van der Waals surface area contributed by atoms with Crippen LogP contribution in [0, 0.1) is 6.92 Å². The van der Waals surface area contributed by atoms with E-state index in [2.05, 4.69) is 4.98 Å². The third-order valence-electron chi connectivity index (χ3n) is 3.88. The van der Waals surface area contributed by atoms with Gasteiger partial charge >= 0.3 is 0 Å². The maximum atomic E-state index is 12.5. The Labute approximate surface area is 131 Å². The number of hydrogen-bond acceptors (Lipinski definition) is 4. The largest absolute Gasteiger partial charge is 0.466 e. The van der Waals surface area contributed by atoms with Crippen LogP contribution in [-0.4, -0.2) is 34.9 Å². The molecule has 22 heavy (non-hydrogen) atoms. The van der Waals surface area contributed by atoms with Crippen molar-refractivity contribution in [3.63, 3.8) is 0 Å². The zero-order valence-corrected chi connectivity index (χ0v) is 12.8. The molecule has 3 N–H and O–H groups in total. The van der Waals surface area contributed by atoms with Crippen LogP contribution < -0.4 is 11.3 Å². The molecule has 1 saturated heterocycles. The molecule has 0 radical (unpaired) electrons. The third kappa shape index (κ3) is 2.67. The van der Waals surface area contributed by atoms with Crippen molar-refractivity contribution in [3.8, 4) is 0 Å². The number of amides is 1. The lowest BCUT2D eigenvalue weighted by molar-refractivity contribution is 0.0788. The van der Waals surface area contributed by atoms with Gasteiger partial charge in [0, 0.05) is 25.3 Å². The number of carbonyl (C=O) groups excluding carboxylic acids is 1. The molecule has 3 rings (SSSR count). The van der Waals surface area contributed by atoms with Gasteiger partial charge in [0.05, 0.1) is 11.5 Å². The summed E-state index contributed by atoms with van der Waals surface area (Å²) in [6.07, 6.45) is 1.37. The van der Waals surface area contributed by atoms with E-state index >= 15 is 0 Å². The number of aromatic nitrogens is 1. The molecule has 1 amide bonds. The number of nitrogens with zero attached hydrogens (tertiary/aromatic N) is 1. The topological polar surface area (TPSA) is 92.3 Å². The Morgan fingerprint density at radius 1 is 1.45 bits per heavy atom. The predicted octanol–water partition coefficient (Wildman–Crippen LogP) is 1.50. The Morgan fingerprint density at radius 2 is 2.23 bits per heavy atom. The van der Waals surface area contributed by atoms with Crippen molar-refractivity contribution >= 4 is 17.5 Å². The summed E-state index contributed by atoms with van der Waals surface area (Å²) >= 11 is 5.77. The lowest BCUT2D eigenvalue weighted by atomic mass is 10.0.